The van der Waals surface area contributed by atoms with Crippen LogP contribution in [0.3, 0.4) is 0 Å². The van der Waals surface area contributed by atoms with Gasteiger partial charge in [0.2, 0.25) is 5.76 Å². The smallest absolute Gasteiger partial charge is 0.287 e. The monoisotopic (exact) mass is 433 g/mol. The second-order valence-corrected chi connectivity index (χ2v) is 9.17. The fraction of sp³-hybridized carbons (Fsp3) is 0.476. The number of carbonyl (C=O) groups excluding carboxylic acids is 2. The molecule has 1 aromatic carbocycles. The van der Waals surface area contributed by atoms with Crippen molar-refractivity contribution >= 4 is 23.4 Å². The Morgan fingerprint density at radius 3 is 2.83 bits per heavy atom. The molecular formula is C21H21ClFN3O4. The van der Waals surface area contributed by atoms with Gasteiger partial charge in [-0.1, -0.05) is 16.8 Å². The molecule has 3 N–H and O–H groups in total. The summed E-state index contributed by atoms with van der Waals surface area (Å²) in [6.45, 7) is -0.194. The van der Waals surface area contributed by atoms with E-state index in [9.17, 15) is 14.0 Å². The summed E-state index contributed by atoms with van der Waals surface area (Å²) in [5.74, 6) is -0.802. The van der Waals surface area contributed by atoms with Crippen LogP contribution in [0.1, 0.15) is 59.8 Å². The molecule has 9 heteroatoms. The summed E-state index contributed by atoms with van der Waals surface area (Å²) in [6, 6.07) is 4.06. The topological polar surface area (TPSA) is 107 Å². The van der Waals surface area contributed by atoms with Crippen molar-refractivity contribution in [3.63, 3.8) is 0 Å². The van der Waals surface area contributed by atoms with Gasteiger partial charge in [-0.25, -0.2) is 4.39 Å². The molecule has 1 atom stereocenters. The van der Waals surface area contributed by atoms with Gasteiger partial charge < -0.3 is 20.3 Å². The molecule has 0 spiro atoms. The summed E-state index contributed by atoms with van der Waals surface area (Å²) in [4.78, 5) is 24.1. The third-order valence-corrected chi connectivity index (χ3v) is 7.06. The first kappa shape index (κ1) is 19.4. The number of primary amides is 1. The van der Waals surface area contributed by atoms with Crippen molar-refractivity contribution in [3.8, 4) is 5.75 Å². The molecule has 1 heterocycles. The van der Waals surface area contributed by atoms with Crippen molar-refractivity contribution in [2.75, 3.05) is 6.61 Å². The van der Waals surface area contributed by atoms with Crippen molar-refractivity contribution < 1.29 is 23.2 Å². The summed E-state index contributed by atoms with van der Waals surface area (Å²) in [7, 11) is 0. The van der Waals surface area contributed by atoms with Gasteiger partial charge in [-0.3, -0.25) is 9.59 Å². The van der Waals surface area contributed by atoms with Crippen LogP contribution in [-0.2, 0) is 11.2 Å². The molecule has 7 nitrogen and oxygen atoms in total. The lowest BCUT2D eigenvalue weighted by Gasteiger charge is -2.73. The summed E-state index contributed by atoms with van der Waals surface area (Å²) in [5.41, 5.74) is 7.02. The highest BCUT2D eigenvalue weighted by atomic mass is 35.5. The SMILES string of the molecule is NC(=O)c1onc2c1C(C13CC(NC(=O)COc4ccc(Cl)c(F)c4)(C1)C3)CCC2. The number of amides is 2. The second-order valence-electron chi connectivity index (χ2n) is 8.77. The number of fused-ring (bicyclic) bond motifs is 1. The molecule has 3 saturated carbocycles. The van der Waals surface area contributed by atoms with Gasteiger partial charge in [0.1, 0.15) is 11.6 Å². The molecule has 0 saturated heterocycles. The Hall–Kier alpha value is -2.61. The molecule has 0 aliphatic heterocycles. The normalized spacial score (nSPS) is 28.7. The Morgan fingerprint density at radius 2 is 2.13 bits per heavy atom. The average Bonchev–Trinajstić information content (AvgIpc) is 3.09. The maximum atomic E-state index is 13.5. The van der Waals surface area contributed by atoms with Crippen LogP contribution >= 0.6 is 11.6 Å². The minimum absolute atomic E-state index is 0.00384. The van der Waals surface area contributed by atoms with Crippen molar-refractivity contribution in [2.45, 2.75) is 50.0 Å². The third kappa shape index (κ3) is 2.96. The molecule has 6 rings (SSSR count). The van der Waals surface area contributed by atoms with Gasteiger partial charge in [0, 0.05) is 17.2 Å². The van der Waals surface area contributed by atoms with E-state index in [4.69, 9.17) is 26.6 Å². The average molecular weight is 434 g/mol. The quantitative estimate of drug-likeness (QED) is 0.727. The first-order chi connectivity index (χ1) is 14.3. The first-order valence-electron chi connectivity index (χ1n) is 9.98. The molecular weight excluding hydrogens is 413 g/mol. The van der Waals surface area contributed by atoms with Crippen molar-refractivity contribution in [1.29, 1.82) is 0 Å². The number of nitrogens with one attached hydrogen (secondary N) is 1. The zero-order chi connectivity index (χ0) is 21.1. The van der Waals surface area contributed by atoms with Crippen LogP contribution in [0.25, 0.3) is 0 Å². The van der Waals surface area contributed by atoms with Crippen LogP contribution in [0.5, 0.6) is 5.75 Å². The Morgan fingerprint density at radius 1 is 1.37 bits per heavy atom. The van der Waals surface area contributed by atoms with Crippen LogP contribution < -0.4 is 15.8 Å². The fourth-order valence-electron chi connectivity index (χ4n) is 5.69. The number of ether oxygens (including phenoxy) is 1. The van der Waals surface area contributed by atoms with Gasteiger partial charge in [-0.15, -0.1) is 0 Å². The number of rotatable bonds is 6. The third-order valence-electron chi connectivity index (χ3n) is 6.76. The van der Waals surface area contributed by atoms with E-state index in [0.29, 0.717) is 0 Å². The van der Waals surface area contributed by atoms with E-state index in [-0.39, 0.29) is 45.9 Å². The second kappa shape index (κ2) is 6.70. The summed E-state index contributed by atoms with van der Waals surface area (Å²) in [6.07, 6.45) is 5.28. The number of nitrogens with two attached hydrogens (primary N) is 1. The highest BCUT2D eigenvalue weighted by molar-refractivity contribution is 6.30. The molecule has 1 unspecified atom stereocenters. The largest absolute Gasteiger partial charge is 0.484 e. The lowest BCUT2D eigenvalue weighted by atomic mass is 9.34. The summed E-state index contributed by atoms with van der Waals surface area (Å²) >= 11 is 5.65. The maximum Gasteiger partial charge on any atom is 0.287 e. The van der Waals surface area contributed by atoms with Crippen LogP contribution in [0.2, 0.25) is 5.02 Å². The first-order valence-corrected chi connectivity index (χ1v) is 10.4. The highest BCUT2D eigenvalue weighted by Crippen LogP contribution is 2.74. The van der Waals surface area contributed by atoms with Crippen molar-refractivity contribution in [3.05, 3.63) is 46.1 Å². The lowest BCUT2D eigenvalue weighted by Crippen LogP contribution is -2.76. The summed E-state index contributed by atoms with van der Waals surface area (Å²) in [5, 5.41) is 7.11. The Balaban J connectivity index is 1.20. The number of halogens is 2. The molecule has 2 aromatic rings. The van der Waals surface area contributed by atoms with Gasteiger partial charge in [-0.05, 0) is 62.0 Å². The number of aryl methyl sites for hydroxylation is 1. The zero-order valence-electron chi connectivity index (χ0n) is 16.2. The predicted molar refractivity (Wildman–Crippen MR) is 105 cm³/mol. The molecule has 158 valence electrons. The molecule has 2 bridgehead atoms. The number of carbonyl (C=O) groups is 2. The molecule has 30 heavy (non-hydrogen) atoms. The minimum Gasteiger partial charge on any atom is -0.484 e. The molecule has 4 aliphatic carbocycles. The number of aromatic nitrogens is 1. The number of hydrogen-bond acceptors (Lipinski definition) is 5. The van der Waals surface area contributed by atoms with Crippen LogP contribution in [0.15, 0.2) is 22.7 Å². The predicted octanol–water partition coefficient (Wildman–Crippen LogP) is 3.10. The van der Waals surface area contributed by atoms with Gasteiger partial charge in [0.15, 0.2) is 6.61 Å². The van der Waals surface area contributed by atoms with E-state index in [0.717, 1.165) is 55.8 Å². The standard InChI is InChI=1S/C21H21ClFN3O4/c22-13-5-4-11(6-14(13)23)29-7-16(27)25-21-8-20(9-21,10-21)12-2-1-3-15-17(12)18(19(24)28)30-26-15/h4-6,12H,1-3,7-10H2,(H2,24,28)(H,25,27). The van der Waals surface area contributed by atoms with Gasteiger partial charge in [-0.2, -0.15) is 0 Å². The maximum absolute atomic E-state index is 13.5. The van der Waals surface area contributed by atoms with E-state index in [1.165, 1.54) is 12.1 Å². The Bertz CT molecular complexity index is 1030. The zero-order valence-corrected chi connectivity index (χ0v) is 16.9. The summed E-state index contributed by atoms with van der Waals surface area (Å²) < 4.78 is 24.1. The molecule has 4 aliphatic rings. The Labute approximate surface area is 177 Å². The van der Waals surface area contributed by atoms with Crippen molar-refractivity contribution in [2.24, 2.45) is 11.1 Å². The number of nitrogens with zero attached hydrogens (tertiary/aromatic N) is 1. The highest BCUT2D eigenvalue weighted by Gasteiger charge is 2.71. The van der Waals surface area contributed by atoms with Gasteiger partial charge in [0.25, 0.3) is 11.8 Å². The number of benzene rings is 1. The van der Waals surface area contributed by atoms with Gasteiger partial charge >= 0.3 is 0 Å². The number of hydrogen-bond donors (Lipinski definition) is 2. The molecule has 1 aromatic heterocycles. The van der Waals surface area contributed by atoms with Crippen molar-refractivity contribution in [1.82, 2.24) is 10.5 Å². The van der Waals surface area contributed by atoms with Crippen LogP contribution in [-0.4, -0.2) is 29.1 Å². The minimum atomic E-state index is -0.591. The lowest BCUT2D eigenvalue weighted by molar-refractivity contribution is -0.180. The van der Waals surface area contributed by atoms with Gasteiger partial charge in [0.05, 0.1) is 10.7 Å². The molecule has 2 amide bonds. The van der Waals surface area contributed by atoms with E-state index >= 15 is 0 Å². The van der Waals surface area contributed by atoms with E-state index < -0.39 is 11.7 Å². The van der Waals surface area contributed by atoms with Crippen LogP contribution in [0, 0.1) is 11.2 Å². The fourth-order valence-corrected chi connectivity index (χ4v) is 5.81. The molecule has 3 fully saturated rings. The Kier molecular flexibility index (Phi) is 4.32. The van der Waals surface area contributed by atoms with E-state index in [1.807, 2.05) is 0 Å². The van der Waals surface area contributed by atoms with Crippen LogP contribution in [0.4, 0.5) is 4.39 Å². The molecule has 0 radical (unpaired) electrons. The van der Waals surface area contributed by atoms with E-state index in [2.05, 4.69) is 10.5 Å². The van der Waals surface area contributed by atoms with E-state index in [1.54, 1.807) is 0 Å².